The first-order valence-corrected chi connectivity index (χ1v) is 5.14. The number of nitrogens with one attached hydrogen (secondary N) is 1. The van der Waals surface area contributed by atoms with Crippen molar-refractivity contribution in [1.29, 1.82) is 0 Å². The summed E-state index contributed by atoms with van der Waals surface area (Å²) in [5.41, 5.74) is 0. The molecule has 1 atom stereocenters. The van der Waals surface area contributed by atoms with Gasteiger partial charge in [-0.3, -0.25) is 0 Å². The molecule has 0 spiro atoms. The Morgan fingerprint density at radius 1 is 1.31 bits per heavy atom. The zero-order valence-corrected chi connectivity index (χ0v) is 9.68. The van der Waals surface area contributed by atoms with E-state index in [1.807, 2.05) is 18.5 Å². The van der Waals surface area contributed by atoms with Gasteiger partial charge < -0.3 is 9.88 Å². The molecule has 7 heteroatoms. The quantitative estimate of drug-likeness (QED) is 0.876. The fourth-order valence-corrected chi connectivity index (χ4v) is 1.46. The van der Waals surface area contributed by atoms with Crippen molar-refractivity contribution >= 4 is 17.4 Å². The van der Waals surface area contributed by atoms with E-state index in [1.165, 1.54) is 0 Å². The maximum absolute atomic E-state index is 5.65. The first-order chi connectivity index (χ1) is 7.66. The Kier molecular flexibility index (Phi) is 3.00. The number of hydrogen-bond donors (Lipinski definition) is 1. The molecule has 84 valence electrons. The summed E-state index contributed by atoms with van der Waals surface area (Å²) in [6, 6.07) is 3.45. The number of nitrogens with zero attached hydrogens (tertiary/aromatic N) is 5. The molecule has 0 saturated carbocycles. The Morgan fingerprint density at radius 3 is 2.69 bits per heavy atom. The standard InChI is InChI=1S/C9H11ClN6/c1-6(9-15-11-5-16(9)2)12-8-4-3-7(10)13-14-8/h3-6H,1-2H3,(H,12,14). The van der Waals surface area contributed by atoms with Crippen LogP contribution in [0.1, 0.15) is 18.8 Å². The molecule has 0 saturated heterocycles. The van der Waals surface area contributed by atoms with E-state index in [0.717, 1.165) is 5.82 Å². The van der Waals surface area contributed by atoms with E-state index in [9.17, 15) is 0 Å². The van der Waals surface area contributed by atoms with Crippen molar-refractivity contribution in [3.05, 3.63) is 29.4 Å². The van der Waals surface area contributed by atoms with Gasteiger partial charge in [-0.05, 0) is 19.1 Å². The second-order valence-corrected chi connectivity index (χ2v) is 3.79. The minimum atomic E-state index is 0.00276. The zero-order chi connectivity index (χ0) is 11.5. The first kappa shape index (κ1) is 10.8. The molecule has 2 heterocycles. The van der Waals surface area contributed by atoms with Crippen molar-refractivity contribution in [3.8, 4) is 0 Å². The van der Waals surface area contributed by atoms with E-state index in [2.05, 4.69) is 25.7 Å². The van der Waals surface area contributed by atoms with E-state index < -0.39 is 0 Å². The molecule has 0 radical (unpaired) electrons. The fourth-order valence-electron chi connectivity index (χ4n) is 1.36. The van der Waals surface area contributed by atoms with Gasteiger partial charge in [-0.15, -0.1) is 20.4 Å². The summed E-state index contributed by atoms with van der Waals surface area (Å²) in [6.45, 7) is 1.97. The number of aryl methyl sites for hydroxylation is 1. The molecule has 2 rings (SSSR count). The summed E-state index contributed by atoms with van der Waals surface area (Å²) in [5.74, 6) is 1.48. The number of aromatic nitrogens is 5. The third kappa shape index (κ3) is 2.27. The molecule has 0 fully saturated rings. The van der Waals surface area contributed by atoms with Crippen LogP contribution in [0.2, 0.25) is 5.15 Å². The maximum Gasteiger partial charge on any atom is 0.154 e. The van der Waals surface area contributed by atoms with E-state index in [-0.39, 0.29) is 6.04 Å². The summed E-state index contributed by atoms with van der Waals surface area (Å²) in [6.07, 6.45) is 1.65. The van der Waals surface area contributed by atoms with E-state index in [4.69, 9.17) is 11.6 Å². The number of rotatable bonds is 3. The first-order valence-electron chi connectivity index (χ1n) is 4.76. The minimum Gasteiger partial charge on any atom is -0.359 e. The van der Waals surface area contributed by atoms with Crippen LogP contribution in [0.5, 0.6) is 0 Å². The molecule has 6 nitrogen and oxygen atoms in total. The smallest absolute Gasteiger partial charge is 0.154 e. The molecule has 16 heavy (non-hydrogen) atoms. The lowest BCUT2D eigenvalue weighted by atomic mass is 10.3. The zero-order valence-electron chi connectivity index (χ0n) is 8.92. The van der Waals surface area contributed by atoms with Crippen molar-refractivity contribution in [1.82, 2.24) is 25.0 Å². The van der Waals surface area contributed by atoms with Crippen LogP contribution in [0.15, 0.2) is 18.5 Å². The normalized spacial score (nSPS) is 12.4. The van der Waals surface area contributed by atoms with Gasteiger partial charge in [-0.2, -0.15) is 0 Å². The molecule has 2 aromatic heterocycles. The number of halogens is 1. The highest BCUT2D eigenvalue weighted by atomic mass is 35.5. The molecule has 2 aromatic rings. The molecular weight excluding hydrogens is 228 g/mol. The second-order valence-electron chi connectivity index (χ2n) is 3.41. The van der Waals surface area contributed by atoms with Crippen molar-refractivity contribution in [2.45, 2.75) is 13.0 Å². The van der Waals surface area contributed by atoms with Gasteiger partial charge in [0.2, 0.25) is 0 Å². The molecule has 0 aromatic carbocycles. The van der Waals surface area contributed by atoms with Gasteiger partial charge in [0.1, 0.15) is 12.1 Å². The Labute approximate surface area is 97.7 Å². The second kappa shape index (κ2) is 4.44. The molecule has 0 aliphatic rings. The SMILES string of the molecule is CC(Nc1ccc(Cl)nn1)c1nncn1C. The Bertz CT molecular complexity index is 465. The predicted molar refractivity (Wildman–Crippen MR) is 60.1 cm³/mol. The molecule has 1 unspecified atom stereocenters. The summed E-state index contributed by atoms with van der Waals surface area (Å²) < 4.78 is 1.85. The maximum atomic E-state index is 5.65. The summed E-state index contributed by atoms with van der Waals surface area (Å²) >= 11 is 5.65. The topological polar surface area (TPSA) is 68.5 Å². The van der Waals surface area contributed by atoms with Crippen molar-refractivity contribution in [2.24, 2.45) is 7.05 Å². The van der Waals surface area contributed by atoms with E-state index in [0.29, 0.717) is 11.0 Å². The van der Waals surface area contributed by atoms with Crippen LogP contribution in [0.3, 0.4) is 0 Å². The largest absolute Gasteiger partial charge is 0.359 e. The van der Waals surface area contributed by atoms with Crippen LogP contribution in [-0.4, -0.2) is 25.0 Å². The van der Waals surface area contributed by atoms with Crippen molar-refractivity contribution < 1.29 is 0 Å². The third-order valence-electron chi connectivity index (χ3n) is 2.13. The van der Waals surface area contributed by atoms with Crippen LogP contribution in [0.4, 0.5) is 5.82 Å². The van der Waals surface area contributed by atoms with Gasteiger partial charge in [0.05, 0.1) is 6.04 Å². The molecule has 0 aliphatic carbocycles. The Hall–Kier alpha value is -1.69. The number of anilines is 1. The molecule has 0 amide bonds. The summed E-state index contributed by atoms with van der Waals surface area (Å²) in [4.78, 5) is 0. The molecule has 1 N–H and O–H groups in total. The molecular formula is C9H11ClN6. The lowest BCUT2D eigenvalue weighted by molar-refractivity contribution is 0.714. The Morgan fingerprint density at radius 2 is 2.12 bits per heavy atom. The Balaban J connectivity index is 2.10. The average molecular weight is 239 g/mol. The predicted octanol–water partition coefficient (Wildman–Crippen LogP) is 1.43. The van der Waals surface area contributed by atoms with Crippen LogP contribution >= 0.6 is 11.6 Å². The van der Waals surface area contributed by atoms with Crippen LogP contribution in [0.25, 0.3) is 0 Å². The summed E-state index contributed by atoms with van der Waals surface area (Å²) in [5, 5.41) is 19.0. The van der Waals surface area contributed by atoms with Crippen LogP contribution in [-0.2, 0) is 7.05 Å². The molecule has 0 aliphatic heterocycles. The van der Waals surface area contributed by atoms with Crippen LogP contribution in [0, 0.1) is 0 Å². The lowest BCUT2D eigenvalue weighted by Gasteiger charge is -2.12. The van der Waals surface area contributed by atoms with E-state index >= 15 is 0 Å². The van der Waals surface area contributed by atoms with E-state index in [1.54, 1.807) is 18.5 Å². The van der Waals surface area contributed by atoms with Gasteiger partial charge in [-0.25, -0.2) is 0 Å². The summed E-state index contributed by atoms with van der Waals surface area (Å²) in [7, 11) is 1.89. The highest BCUT2D eigenvalue weighted by molar-refractivity contribution is 6.29. The van der Waals surface area contributed by atoms with Crippen molar-refractivity contribution in [2.75, 3.05) is 5.32 Å². The van der Waals surface area contributed by atoms with Gasteiger partial charge in [0.15, 0.2) is 11.0 Å². The van der Waals surface area contributed by atoms with Crippen molar-refractivity contribution in [3.63, 3.8) is 0 Å². The fraction of sp³-hybridized carbons (Fsp3) is 0.333. The lowest BCUT2D eigenvalue weighted by Crippen LogP contribution is -2.13. The van der Waals surface area contributed by atoms with Gasteiger partial charge in [0, 0.05) is 7.05 Å². The average Bonchev–Trinajstić information content (AvgIpc) is 2.68. The van der Waals surface area contributed by atoms with Gasteiger partial charge in [0.25, 0.3) is 0 Å². The highest BCUT2D eigenvalue weighted by Crippen LogP contribution is 2.15. The number of hydrogen-bond acceptors (Lipinski definition) is 5. The minimum absolute atomic E-state index is 0.00276. The monoisotopic (exact) mass is 238 g/mol. The highest BCUT2D eigenvalue weighted by Gasteiger charge is 2.11. The molecule has 0 bridgehead atoms. The van der Waals surface area contributed by atoms with Crippen LogP contribution < -0.4 is 5.32 Å². The van der Waals surface area contributed by atoms with Gasteiger partial charge >= 0.3 is 0 Å². The third-order valence-corrected chi connectivity index (χ3v) is 2.33. The van der Waals surface area contributed by atoms with Gasteiger partial charge in [-0.1, -0.05) is 11.6 Å².